The normalized spacial score (nSPS) is 30.9. The molecule has 3 N–H and O–H groups in total. The van der Waals surface area contributed by atoms with Crippen LogP contribution in [0.25, 0.3) is 0 Å². The Morgan fingerprint density at radius 1 is 1.25 bits per heavy atom. The average Bonchev–Trinajstić information content (AvgIpc) is 3.20. The van der Waals surface area contributed by atoms with Gasteiger partial charge in [0.25, 0.3) is 5.91 Å². The van der Waals surface area contributed by atoms with Crippen LogP contribution in [0.15, 0.2) is 48.6 Å². The second-order valence-corrected chi connectivity index (χ2v) is 16.6. The van der Waals surface area contributed by atoms with E-state index in [1.807, 2.05) is 25.1 Å². The highest BCUT2D eigenvalue weighted by Gasteiger charge is 2.44. The second kappa shape index (κ2) is 14.8. The van der Waals surface area contributed by atoms with E-state index in [0.717, 1.165) is 55.1 Å². The number of anilines is 1. The van der Waals surface area contributed by atoms with Crippen LogP contribution >= 0.6 is 11.6 Å². The number of rotatable bonds is 6. The van der Waals surface area contributed by atoms with Gasteiger partial charge in [0.15, 0.2) is 0 Å². The third-order valence-corrected chi connectivity index (χ3v) is 13.1. The number of aryl methyl sites for hydroxylation is 1. The van der Waals surface area contributed by atoms with Crippen molar-refractivity contribution in [1.82, 2.24) is 10.0 Å². The molecule has 1 saturated carbocycles. The monoisotopic (exact) mass is 697 g/mol. The molecule has 48 heavy (non-hydrogen) atoms. The number of amides is 2. The number of hydrogen-bond acceptors (Lipinski definition) is 7. The van der Waals surface area contributed by atoms with Crippen molar-refractivity contribution in [3.63, 3.8) is 0 Å². The highest BCUT2D eigenvalue weighted by Crippen LogP contribution is 2.47. The lowest BCUT2D eigenvalue weighted by atomic mass is 9.68. The number of carbonyl (C=O) groups excluding carboxylic acids is 2. The fourth-order valence-electron chi connectivity index (χ4n) is 8.01. The van der Waals surface area contributed by atoms with E-state index in [-0.39, 0.29) is 54.3 Å². The first-order valence-corrected chi connectivity index (χ1v) is 19.4. The van der Waals surface area contributed by atoms with Gasteiger partial charge in [0.2, 0.25) is 5.91 Å². The first-order chi connectivity index (χ1) is 23.1. The molecule has 9 nitrogen and oxygen atoms in total. The molecule has 4 aliphatic rings. The Bertz CT molecular complexity index is 1650. The van der Waals surface area contributed by atoms with Gasteiger partial charge in [0, 0.05) is 40.9 Å². The van der Waals surface area contributed by atoms with E-state index in [1.54, 1.807) is 6.07 Å². The van der Waals surface area contributed by atoms with E-state index in [9.17, 15) is 13.8 Å². The van der Waals surface area contributed by atoms with Crippen molar-refractivity contribution in [3.05, 3.63) is 70.3 Å². The first kappa shape index (κ1) is 34.8. The third-order valence-electron chi connectivity index (χ3n) is 10.7. The van der Waals surface area contributed by atoms with Crippen molar-refractivity contribution in [2.24, 2.45) is 11.8 Å². The third kappa shape index (κ3) is 7.42. The summed E-state index contributed by atoms with van der Waals surface area (Å²) in [6.07, 6.45) is 10.6. The Labute approximate surface area is 289 Å². The zero-order valence-electron chi connectivity index (χ0n) is 27.8. The number of aliphatic hydroxyl groups is 1. The van der Waals surface area contributed by atoms with Gasteiger partial charge in [-0.05, 0) is 111 Å². The number of allylic oxidation sites excluding steroid dienone is 1. The van der Waals surface area contributed by atoms with Gasteiger partial charge in [0.1, 0.15) is 12.4 Å². The smallest absolute Gasteiger partial charge is 0.262 e. The molecule has 6 rings (SSSR count). The zero-order chi connectivity index (χ0) is 33.9. The van der Waals surface area contributed by atoms with Crippen molar-refractivity contribution < 1.29 is 28.4 Å². The molecule has 2 amide bonds. The standard InChI is InChI=1S/C37H48ClN3O6S/c1-3-29-8-4-5-9-33(46-22-35(43)39-17-18-42)30-13-10-27(30)21-41-23-37(16-6-7-25-19-28(38)12-14-31(25)37)24-47-34-15-11-26(20-32(34)41)36(44)40-48(29,2)45/h5,9,11-12,14-15,19-20,27,29-30,33,42H,2-4,6-8,10,13,16-18,21-24H2,1H3,(H,39,43)(H,40,44,45)/b9-5+/t27-,29+,30+,33-,37-,48?/m0/s1. The van der Waals surface area contributed by atoms with Gasteiger partial charge in [-0.25, -0.2) is 4.21 Å². The van der Waals surface area contributed by atoms with Crippen molar-refractivity contribution in [2.45, 2.75) is 75.1 Å². The topological polar surface area (TPSA) is 117 Å². The van der Waals surface area contributed by atoms with Crippen molar-refractivity contribution in [2.75, 3.05) is 44.4 Å². The summed E-state index contributed by atoms with van der Waals surface area (Å²) in [7, 11) is -2.95. The number of nitrogens with zero attached hydrogens (tertiary/aromatic N) is 1. The number of halogens is 1. The number of ether oxygens (including phenoxy) is 2. The number of aliphatic hydroxyl groups excluding tert-OH is 1. The lowest BCUT2D eigenvalue weighted by Gasteiger charge is -2.46. The molecule has 1 spiro atoms. The number of nitrogens with one attached hydrogen (secondary N) is 2. The van der Waals surface area contributed by atoms with Crippen LogP contribution in [0.4, 0.5) is 5.69 Å². The number of hydrogen-bond donors (Lipinski definition) is 3. The zero-order valence-corrected chi connectivity index (χ0v) is 29.3. The van der Waals surface area contributed by atoms with Crippen LogP contribution in [-0.4, -0.2) is 77.8 Å². The Hall–Kier alpha value is -3.05. The highest BCUT2D eigenvalue weighted by molar-refractivity contribution is 7.99. The van der Waals surface area contributed by atoms with E-state index in [1.165, 1.54) is 11.1 Å². The summed E-state index contributed by atoms with van der Waals surface area (Å²) in [5, 5.41) is 12.2. The lowest BCUT2D eigenvalue weighted by molar-refractivity contribution is -0.129. The fourth-order valence-corrected chi connectivity index (χ4v) is 9.86. The molecule has 6 atom stereocenters. The second-order valence-electron chi connectivity index (χ2n) is 13.8. The van der Waals surface area contributed by atoms with Crippen molar-refractivity contribution in [3.8, 4) is 5.75 Å². The van der Waals surface area contributed by atoms with Gasteiger partial charge >= 0.3 is 0 Å². The number of carbonyl (C=O) groups is 2. The predicted molar refractivity (Wildman–Crippen MR) is 191 cm³/mol. The van der Waals surface area contributed by atoms with Gasteiger partial charge in [-0.15, -0.1) is 0 Å². The molecular formula is C37H48ClN3O6S. The minimum atomic E-state index is -2.95. The molecule has 11 heteroatoms. The molecule has 0 aromatic heterocycles. The molecule has 2 aromatic rings. The van der Waals surface area contributed by atoms with Gasteiger partial charge in [-0.3, -0.25) is 14.3 Å². The molecule has 0 saturated heterocycles. The van der Waals surface area contributed by atoms with Crippen LogP contribution in [0, 0.1) is 11.8 Å². The van der Waals surface area contributed by atoms with Crippen LogP contribution in [0.2, 0.25) is 5.02 Å². The SMILES string of the molecule is C=S1(=O)NC(=O)c2ccc3c(c2)N(C[C@@H]2CC[C@H]2[C@@H](OCC(=O)NCCO)/C=C/CC[C@H]1CC)C[C@@]1(CCCc2cc(Cl)ccc21)CO3. The van der Waals surface area contributed by atoms with Gasteiger partial charge in [-0.2, -0.15) is 0 Å². The minimum absolute atomic E-state index is 0.0965. The molecule has 2 bridgehead atoms. The van der Waals surface area contributed by atoms with Gasteiger partial charge in [0.05, 0.1) is 34.7 Å². The minimum Gasteiger partial charge on any atom is -0.490 e. The van der Waals surface area contributed by atoms with E-state index in [0.29, 0.717) is 38.0 Å². The maximum absolute atomic E-state index is 13.8. The van der Waals surface area contributed by atoms with Crippen LogP contribution in [0.3, 0.4) is 0 Å². The van der Waals surface area contributed by atoms with Crippen LogP contribution in [0.1, 0.15) is 73.4 Å². The van der Waals surface area contributed by atoms with Crippen LogP contribution in [-0.2, 0) is 31.1 Å². The van der Waals surface area contributed by atoms with E-state index < -0.39 is 15.6 Å². The molecule has 1 fully saturated rings. The molecule has 2 aromatic carbocycles. The highest BCUT2D eigenvalue weighted by atomic mass is 35.5. The molecule has 0 radical (unpaired) electrons. The Morgan fingerprint density at radius 2 is 2.10 bits per heavy atom. The molecule has 2 heterocycles. The number of fused-ring (bicyclic) bond motifs is 4. The molecule has 1 unspecified atom stereocenters. The molecular weight excluding hydrogens is 650 g/mol. The Morgan fingerprint density at radius 3 is 2.88 bits per heavy atom. The molecule has 2 aliphatic heterocycles. The summed E-state index contributed by atoms with van der Waals surface area (Å²) in [6, 6.07) is 11.7. The van der Waals surface area contributed by atoms with E-state index >= 15 is 0 Å². The van der Waals surface area contributed by atoms with Gasteiger partial charge in [-0.1, -0.05) is 36.7 Å². The first-order valence-electron chi connectivity index (χ1n) is 17.3. The molecule has 260 valence electrons. The molecule has 2 aliphatic carbocycles. The van der Waals surface area contributed by atoms with Crippen LogP contribution < -0.4 is 19.7 Å². The quantitative estimate of drug-likeness (QED) is 0.293. The fraction of sp³-hybridized carbons (Fsp3) is 0.541. The largest absolute Gasteiger partial charge is 0.490 e. The van der Waals surface area contributed by atoms with E-state index in [2.05, 4.69) is 45.1 Å². The summed E-state index contributed by atoms with van der Waals surface area (Å²) < 4.78 is 29.5. The summed E-state index contributed by atoms with van der Waals surface area (Å²) in [4.78, 5) is 28.5. The van der Waals surface area contributed by atoms with E-state index in [4.69, 9.17) is 26.2 Å². The summed E-state index contributed by atoms with van der Waals surface area (Å²) in [5.74, 6) is 4.52. The van der Waals surface area contributed by atoms with Crippen molar-refractivity contribution >= 4 is 44.7 Å². The number of benzene rings is 2. The predicted octanol–water partition coefficient (Wildman–Crippen LogP) is 4.82. The van der Waals surface area contributed by atoms with Crippen molar-refractivity contribution in [1.29, 1.82) is 0 Å². The maximum atomic E-state index is 13.8. The maximum Gasteiger partial charge on any atom is 0.262 e. The summed E-state index contributed by atoms with van der Waals surface area (Å²) >= 11 is 6.44. The Balaban J connectivity index is 1.38. The van der Waals surface area contributed by atoms with Gasteiger partial charge < -0.3 is 24.8 Å². The Kier molecular flexibility index (Phi) is 10.7. The summed E-state index contributed by atoms with van der Waals surface area (Å²) in [6.45, 7) is 3.86. The average molecular weight is 698 g/mol. The lowest BCUT2D eigenvalue weighted by Crippen LogP contribution is -2.50. The van der Waals surface area contributed by atoms with Crippen LogP contribution in [0.5, 0.6) is 5.75 Å². The summed E-state index contributed by atoms with van der Waals surface area (Å²) in [5.41, 5.74) is 3.52.